The second-order valence-electron chi connectivity index (χ2n) is 3.20. The fraction of sp³-hybridized carbons (Fsp3) is 0.400. The molecule has 2 heterocycles. The topological polar surface area (TPSA) is 28.2 Å². The van der Waals surface area contributed by atoms with Crippen molar-refractivity contribution in [2.45, 2.75) is 0 Å². The van der Waals surface area contributed by atoms with Crippen LogP contribution in [-0.4, -0.2) is 36.1 Å². The fourth-order valence-electron chi connectivity index (χ4n) is 1.47. The molecular weight excluding hydrogens is 162 g/mol. The second-order valence-corrected chi connectivity index (χ2v) is 3.20. The summed E-state index contributed by atoms with van der Waals surface area (Å²) in [5.74, 6) is 0. The summed E-state index contributed by atoms with van der Waals surface area (Å²) < 4.78 is 0. The third-order valence-corrected chi connectivity index (χ3v) is 2.19. The molecule has 0 amide bonds. The molecule has 1 N–H and O–H groups in total. The molecule has 1 radical (unpaired) electrons. The Labute approximate surface area is 78.8 Å². The number of pyridine rings is 1. The molecule has 2 rings (SSSR count). The average molecular weight is 176 g/mol. The molecule has 3 heteroatoms. The maximum atomic E-state index is 3.99. The van der Waals surface area contributed by atoms with Crippen LogP contribution in [0.25, 0.3) is 0 Å². The van der Waals surface area contributed by atoms with E-state index in [9.17, 15) is 0 Å². The molecule has 1 aromatic heterocycles. The van der Waals surface area contributed by atoms with Gasteiger partial charge in [-0.15, -0.1) is 0 Å². The lowest BCUT2D eigenvalue weighted by molar-refractivity contribution is 0.299. The minimum Gasteiger partial charge on any atom is -0.314 e. The molecule has 69 valence electrons. The van der Waals surface area contributed by atoms with E-state index < -0.39 is 0 Å². The van der Waals surface area contributed by atoms with Gasteiger partial charge in [0.15, 0.2) is 0 Å². The standard InChI is InChI=1S/C10H14N3/c1-3-11-4-2-10(1)9-13-7-5-12-6-8-13/h1-4,9,12H,5-8H2. The van der Waals surface area contributed by atoms with Gasteiger partial charge in [-0.2, -0.15) is 0 Å². The number of nitrogens with zero attached hydrogens (tertiary/aromatic N) is 2. The molecule has 0 saturated carbocycles. The van der Waals surface area contributed by atoms with Gasteiger partial charge in [-0.1, -0.05) is 0 Å². The Morgan fingerprint density at radius 3 is 2.62 bits per heavy atom. The lowest BCUT2D eigenvalue weighted by Crippen LogP contribution is -2.42. The number of rotatable bonds is 2. The van der Waals surface area contributed by atoms with Crippen molar-refractivity contribution in [2.75, 3.05) is 26.2 Å². The molecular formula is C10H14N3. The van der Waals surface area contributed by atoms with E-state index in [1.165, 1.54) is 5.56 Å². The first-order chi connectivity index (χ1) is 6.45. The Morgan fingerprint density at radius 1 is 1.23 bits per heavy atom. The van der Waals surface area contributed by atoms with Crippen LogP contribution in [0.2, 0.25) is 0 Å². The molecule has 0 aromatic carbocycles. The number of nitrogens with one attached hydrogen (secondary N) is 1. The van der Waals surface area contributed by atoms with E-state index >= 15 is 0 Å². The summed E-state index contributed by atoms with van der Waals surface area (Å²) in [6, 6.07) is 4.06. The van der Waals surface area contributed by atoms with Gasteiger partial charge in [-0.3, -0.25) is 9.88 Å². The van der Waals surface area contributed by atoms with E-state index in [0.717, 1.165) is 26.2 Å². The van der Waals surface area contributed by atoms with Crippen molar-refractivity contribution in [1.82, 2.24) is 15.2 Å². The Bertz CT molecular complexity index is 242. The minimum absolute atomic E-state index is 1.08. The molecule has 3 nitrogen and oxygen atoms in total. The molecule has 1 aromatic rings. The van der Waals surface area contributed by atoms with Crippen molar-refractivity contribution in [1.29, 1.82) is 0 Å². The molecule has 0 unspecified atom stereocenters. The van der Waals surface area contributed by atoms with Crippen molar-refractivity contribution in [3.8, 4) is 0 Å². The molecule has 0 atom stereocenters. The minimum atomic E-state index is 1.08. The monoisotopic (exact) mass is 176 g/mol. The van der Waals surface area contributed by atoms with E-state index in [4.69, 9.17) is 0 Å². The van der Waals surface area contributed by atoms with Crippen molar-refractivity contribution in [2.24, 2.45) is 0 Å². The normalized spacial score (nSPS) is 18.8. The Kier molecular flexibility index (Phi) is 2.90. The second kappa shape index (κ2) is 4.35. The summed E-state index contributed by atoms with van der Waals surface area (Å²) in [5.41, 5.74) is 1.23. The third-order valence-electron chi connectivity index (χ3n) is 2.19. The third kappa shape index (κ3) is 2.50. The van der Waals surface area contributed by atoms with Gasteiger partial charge < -0.3 is 5.32 Å². The number of hydrogen-bond acceptors (Lipinski definition) is 3. The van der Waals surface area contributed by atoms with Crippen LogP contribution in [0.4, 0.5) is 0 Å². The molecule has 1 fully saturated rings. The van der Waals surface area contributed by atoms with E-state index in [0.29, 0.717) is 0 Å². The van der Waals surface area contributed by atoms with Crippen molar-refractivity contribution in [3.05, 3.63) is 36.6 Å². The molecule has 0 bridgehead atoms. The molecule has 1 aliphatic rings. The highest BCUT2D eigenvalue weighted by Crippen LogP contribution is 2.05. The SMILES string of the molecule is [CH](c1ccncc1)N1CCNCC1. The summed E-state index contributed by atoms with van der Waals surface area (Å²) in [4.78, 5) is 6.33. The highest BCUT2D eigenvalue weighted by atomic mass is 15.2. The highest BCUT2D eigenvalue weighted by molar-refractivity contribution is 5.18. The van der Waals surface area contributed by atoms with Crippen LogP contribution < -0.4 is 5.32 Å². The fourth-order valence-corrected chi connectivity index (χ4v) is 1.47. The predicted octanol–water partition coefficient (Wildman–Crippen LogP) is 0.497. The zero-order valence-corrected chi connectivity index (χ0v) is 7.61. The van der Waals surface area contributed by atoms with Crippen LogP contribution in [0, 0.1) is 6.54 Å². The lowest BCUT2D eigenvalue weighted by Gasteiger charge is -2.26. The van der Waals surface area contributed by atoms with Gasteiger partial charge in [0.1, 0.15) is 0 Å². The van der Waals surface area contributed by atoms with Crippen molar-refractivity contribution in [3.63, 3.8) is 0 Å². The van der Waals surface area contributed by atoms with Crippen LogP contribution in [0.15, 0.2) is 24.5 Å². The summed E-state index contributed by atoms with van der Waals surface area (Å²) in [5, 5.41) is 3.33. The zero-order chi connectivity index (χ0) is 8.93. The summed E-state index contributed by atoms with van der Waals surface area (Å²) in [7, 11) is 0. The average Bonchev–Trinajstić information content (AvgIpc) is 2.21. The molecule has 0 aliphatic carbocycles. The Morgan fingerprint density at radius 2 is 1.92 bits per heavy atom. The molecule has 1 aliphatic heterocycles. The van der Waals surface area contributed by atoms with Crippen LogP contribution in [0.5, 0.6) is 0 Å². The van der Waals surface area contributed by atoms with E-state index in [2.05, 4.69) is 21.7 Å². The highest BCUT2D eigenvalue weighted by Gasteiger charge is 2.09. The summed E-state index contributed by atoms with van der Waals surface area (Å²) in [6.45, 7) is 6.57. The van der Waals surface area contributed by atoms with E-state index in [1.54, 1.807) is 0 Å². The number of aromatic nitrogens is 1. The van der Waals surface area contributed by atoms with E-state index in [1.807, 2.05) is 24.5 Å². The largest absolute Gasteiger partial charge is 0.314 e. The smallest absolute Gasteiger partial charge is 0.0547 e. The van der Waals surface area contributed by atoms with Gasteiger partial charge in [0, 0.05) is 38.6 Å². The number of piperazine rings is 1. The van der Waals surface area contributed by atoms with Crippen LogP contribution >= 0.6 is 0 Å². The Hall–Kier alpha value is -0.930. The maximum absolute atomic E-state index is 3.99. The lowest BCUT2D eigenvalue weighted by atomic mass is 10.2. The summed E-state index contributed by atoms with van der Waals surface area (Å²) >= 11 is 0. The molecule has 13 heavy (non-hydrogen) atoms. The first-order valence-electron chi connectivity index (χ1n) is 4.65. The zero-order valence-electron chi connectivity index (χ0n) is 7.61. The molecule has 0 spiro atoms. The van der Waals surface area contributed by atoms with Crippen molar-refractivity contribution < 1.29 is 0 Å². The first-order valence-corrected chi connectivity index (χ1v) is 4.65. The van der Waals surface area contributed by atoms with Gasteiger partial charge in [0.05, 0.1) is 6.54 Å². The van der Waals surface area contributed by atoms with Gasteiger partial charge in [0.2, 0.25) is 0 Å². The van der Waals surface area contributed by atoms with Crippen LogP contribution in [0.3, 0.4) is 0 Å². The van der Waals surface area contributed by atoms with Gasteiger partial charge in [-0.25, -0.2) is 0 Å². The molecule has 1 saturated heterocycles. The maximum Gasteiger partial charge on any atom is 0.0547 e. The van der Waals surface area contributed by atoms with Gasteiger partial charge in [0.25, 0.3) is 0 Å². The van der Waals surface area contributed by atoms with Gasteiger partial charge in [-0.05, 0) is 17.7 Å². The summed E-state index contributed by atoms with van der Waals surface area (Å²) in [6.07, 6.45) is 3.65. The van der Waals surface area contributed by atoms with Crippen LogP contribution in [0.1, 0.15) is 5.56 Å². The van der Waals surface area contributed by atoms with Gasteiger partial charge >= 0.3 is 0 Å². The van der Waals surface area contributed by atoms with Crippen molar-refractivity contribution >= 4 is 0 Å². The number of hydrogen-bond donors (Lipinski definition) is 1. The quantitative estimate of drug-likeness (QED) is 0.711. The Balaban J connectivity index is 1.90. The predicted molar refractivity (Wildman–Crippen MR) is 52.1 cm³/mol. The first kappa shape index (κ1) is 8.66. The van der Waals surface area contributed by atoms with Crippen LogP contribution in [-0.2, 0) is 0 Å². The van der Waals surface area contributed by atoms with E-state index in [-0.39, 0.29) is 0 Å².